The largest absolute Gasteiger partial charge is 0.383 e. The SMILES string of the molecule is CC(C)CCn1nc(N2CCCNCC2)c(C#N)c1N. The van der Waals surface area contributed by atoms with E-state index in [2.05, 4.69) is 35.2 Å². The Balaban J connectivity index is 2.23. The van der Waals surface area contributed by atoms with Crippen molar-refractivity contribution in [2.75, 3.05) is 36.8 Å². The van der Waals surface area contributed by atoms with E-state index in [1.807, 2.05) is 0 Å². The van der Waals surface area contributed by atoms with Gasteiger partial charge < -0.3 is 16.0 Å². The smallest absolute Gasteiger partial charge is 0.170 e. The number of nitriles is 1. The van der Waals surface area contributed by atoms with Crippen LogP contribution >= 0.6 is 0 Å². The molecule has 0 radical (unpaired) electrons. The van der Waals surface area contributed by atoms with Gasteiger partial charge in [0.05, 0.1) is 0 Å². The maximum absolute atomic E-state index is 9.37. The summed E-state index contributed by atoms with van der Waals surface area (Å²) in [5, 5.41) is 17.3. The molecular weight excluding hydrogens is 252 g/mol. The van der Waals surface area contributed by atoms with Crippen molar-refractivity contribution >= 4 is 11.6 Å². The Morgan fingerprint density at radius 1 is 1.40 bits per heavy atom. The average Bonchev–Trinajstić information content (AvgIpc) is 2.61. The molecule has 0 aromatic carbocycles. The molecule has 2 heterocycles. The number of hydrogen-bond acceptors (Lipinski definition) is 5. The maximum atomic E-state index is 9.37. The van der Waals surface area contributed by atoms with Gasteiger partial charge in [-0.3, -0.25) is 0 Å². The van der Waals surface area contributed by atoms with Crippen molar-refractivity contribution in [2.24, 2.45) is 5.92 Å². The molecule has 1 saturated heterocycles. The van der Waals surface area contributed by atoms with Gasteiger partial charge in [0, 0.05) is 26.2 Å². The van der Waals surface area contributed by atoms with Crippen LogP contribution in [-0.2, 0) is 6.54 Å². The molecule has 0 aliphatic carbocycles. The Morgan fingerprint density at radius 2 is 2.20 bits per heavy atom. The highest BCUT2D eigenvalue weighted by molar-refractivity contribution is 5.65. The van der Waals surface area contributed by atoms with Crippen LogP contribution in [0.3, 0.4) is 0 Å². The van der Waals surface area contributed by atoms with E-state index in [4.69, 9.17) is 5.73 Å². The van der Waals surface area contributed by atoms with Crippen LogP contribution in [0.2, 0.25) is 0 Å². The molecule has 0 atom stereocenters. The van der Waals surface area contributed by atoms with Gasteiger partial charge in [-0.05, 0) is 25.3 Å². The molecule has 1 aromatic heterocycles. The van der Waals surface area contributed by atoms with Crippen molar-refractivity contribution in [3.05, 3.63) is 5.56 Å². The van der Waals surface area contributed by atoms with Gasteiger partial charge in [-0.2, -0.15) is 10.4 Å². The normalized spacial score (nSPS) is 16.2. The Bertz CT molecular complexity index is 477. The first-order valence-electron chi connectivity index (χ1n) is 7.35. The molecule has 0 saturated carbocycles. The molecule has 1 aliphatic heterocycles. The molecule has 0 bridgehead atoms. The third-order valence-electron chi connectivity index (χ3n) is 3.64. The summed E-state index contributed by atoms with van der Waals surface area (Å²) in [7, 11) is 0. The topological polar surface area (TPSA) is 82.9 Å². The molecule has 0 unspecified atom stereocenters. The van der Waals surface area contributed by atoms with E-state index in [0.717, 1.165) is 51.4 Å². The highest BCUT2D eigenvalue weighted by Gasteiger charge is 2.21. The van der Waals surface area contributed by atoms with Gasteiger partial charge in [0.2, 0.25) is 0 Å². The zero-order valence-electron chi connectivity index (χ0n) is 12.4. The van der Waals surface area contributed by atoms with E-state index in [1.165, 1.54) is 0 Å². The zero-order chi connectivity index (χ0) is 14.5. The number of rotatable bonds is 4. The molecule has 3 N–H and O–H groups in total. The molecule has 0 amide bonds. The Morgan fingerprint density at radius 3 is 2.90 bits per heavy atom. The summed E-state index contributed by atoms with van der Waals surface area (Å²) >= 11 is 0. The van der Waals surface area contributed by atoms with Crippen LogP contribution in [0.25, 0.3) is 0 Å². The minimum absolute atomic E-state index is 0.500. The number of nitrogen functional groups attached to an aromatic ring is 1. The predicted molar refractivity (Wildman–Crippen MR) is 80.5 cm³/mol. The molecule has 0 spiro atoms. The van der Waals surface area contributed by atoms with E-state index < -0.39 is 0 Å². The highest BCUT2D eigenvalue weighted by Crippen LogP contribution is 2.25. The fourth-order valence-corrected chi connectivity index (χ4v) is 2.40. The minimum Gasteiger partial charge on any atom is -0.383 e. The van der Waals surface area contributed by atoms with Gasteiger partial charge in [-0.25, -0.2) is 4.68 Å². The van der Waals surface area contributed by atoms with Gasteiger partial charge in [-0.1, -0.05) is 13.8 Å². The van der Waals surface area contributed by atoms with E-state index in [0.29, 0.717) is 17.3 Å². The summed E-state index contributed by atoms with van der Waals surface area (Å²) in [4.78, 5) is 2.17. The summed E-state index contributed by atoms with van der Waals surface area (Å²) in [5.41, 5.74) is 6.61. The van der Waals surface area contributed by atoms with Gasteiger partial charge in [0.15, 0.2) is 5.82 Å². The van der Waals surface area contributed by atoms with E-state index in [-0.39, 0.29) is 0 Å². The third kappa shape index (κ3) is 3.23. The van der Waals surface area contributed by atoms with Crippen LogP contribution in [0, 0.1) is 17.2 Å². The first-order valence-corrected chi connectivity index (χ1v) is 7.35. The summed E-state index contributed by atoms with van der Waals surface area (Å²) in [6.07, 6.45) is 2.07. The first kappa shape index (κ1) is 14.7. The first-order chi connectivity index (χ1) is 9.63. The van der Waals surface area contributed by atoms with Crippen molar-refractivity contribution < 1.29 is 0 Å². The number of hydrogen-bond donors (Lipinski definition) is 2. The lowest BCUT2D eigenvalue weighted by atomic mass is 10.1. The summed E-state index contributed by atoms with van der Waals surface area (Å²) in [6.45, 7) is 8.84. The fourth-order valence-electron chi connectivity index (χ4n) is 2.40. The molecule has 1 aliphatic rings. The maximum Gasteiger partial charge on any atom is 0.170 e. The summed E-state index contributed by atoms with van der Waals surface area (Å²) < 4.78 is 1.78. The second-order valence-corrected chi connectivity index (χ2v) is 5.69. The predicted octanol–water partition coefficient (Wildman–Crippen LogP) is 1.18. The van der Waals surface area contributed by atoms with Crippen LogP contribution in [-0.4, -0.2) is 36.0 Å². The molecule has 6 heteroatoms. The quantitative estimate of drug-likeness (QED) is 0.863. The van der Waals surface area contributed by atoms with Crippen LogP contribution in [0.15, 0.2) is 0 Å². The number of nitrogens with two attached hydrogens (primary N) is 1. The summed E-state index contributed by atoms with van der Waals surface area (Å²) in [5.74, 6) is 1.84. The second kappa shape index (κ2) is 6.62. The number of nitrogens with one attached hydrogen (secondary N) is 1. The van der Waals surface area contributed by atoms with Crippen LogP contribution in [0.4, 0.5) is 11.6 Å². The Hall–Kier alpha value is -1.74. The second-order valence-electron chi connectivity index (χ2n) is 5.69. The van der Waals surface area contributed by atoms with Crippen LogP contribution < -0.4 is 16.0 Å². The monoisotopic (exact) mass is 276 g/mol. The van der Waals surface area contributed by atoms with Crippen LogP contribution in [0.5, 0.6) is 0 Å². The zero-order valence-corrected chi connectivity index (χ0v) is 12.4. The molecule has 20 heavy (non-hydrogen) atoms. The van der Waals surface area contributed by atoms with Crippen molar-refractivity contribution in [3.63, 3.8) is 0 Å². The van der Waals surface area contributed by atoms with Crippen molar-refractivity contribution in [3.8, 4) is 6.07 Å². The standard InChI is InChI=1S/C14H24N6/c1-11(2)4-8-20-13(16)12(10-15)14(18-20)19-7-3-5-17-6-9-19/h11,17H,3-9,16H2,1-2H3. The minimum atomic E-state index is 0.500. The average molecular weight is 276 g/mol. The number of anilines is 2. The van der Waals surface area contributed by atoms with Crippen molar-refractivity contribution in [1.82, 2.24) is 15.1 Å². The number of aromatic nitrogens is 2. The van der Waals surface area contributed by atoms with E-state index in [1.54, 1.807) is 4.68 Å². The molecule has 2 rings (SSSR count). The summed E-state index contributed by atoms with van der Waals surface area (Å²) in [6, 6.07) is 2.22. The van der Waals surface area contributed by atoms with Gasteiger partial charge in [0.1, 0.15) is 17.5 Å². The lowest BCUT2D eigenvalue weighted by Crippen LogP contribution is -2.28. The Kier molecular flexibility index (Phi) is 4.85. The lowest BCUT2D eigenvalue weighted by molar-refractivity contribution is 0.491. The van der Waals surface area contributed by atoms with Gasteiger partial charge in [-0.15, -0.1) is 0 Å². The number of aryl methyl sites for hydroxylation is 1. The molecular formula is C14H24N6. The van der Waals surface area contributed by atoms with Crippen LogP contribution in [0.1, 0.15) is 32.3 Å². The molecule has 6 nitrogen and oxygen atoms in total. The van der Waals surface area contributed by atoms with Crippen molar-refractivity contribution in [2.45, 2.75) is 33.2 Å². The molecule has 1 aromatic rings. The molecule has 110 valence electrons. The third-order valence-corrected chi connectivity index (χ3v) is 3.64. The van der Waals surface area contributed by atoms with Crippen molar-refractivity contribution in [1.29, 1.82) is 5.26 Å². The highest BCUT2D eigenvalue weighted by atomic mass is 15.4. The number of nitrogens with zero attached hydrogens (tertiary/aromatic N) is 4. The fraction of sp³-hybridized carbons (Fsp3) is 0.714. The van der Waals surface area contributed by atoms with E-state index in [9.17, 15) is 5.26 Å². The van der Waals surface area contributed by atoms with E-state index >= 15 is 0 Å². The lowest BCUT2D eigenvalue weighted by Gasteiger charge is -2.19. The Labute approximate surface area is 120 Å². The molecule has 1 fully saturated rings. The van der Waals surface area contributed by atoms with Gasteiger partial charge >= 0.3 is 0 Å². The van der Waals surface area contributed by atoms with Gasteiger partial charge in [0.25, 0.3) is 0 Å².